The molecule has 0 radical (unpaired) electrons. The lowest BCUT2D eigenvalue weighted by Crippen LogP contribution is -2.14. The number of halogens is 3. The predicted octanol–water partition coefficient (Wildman–Crippen LogP) is 1.88. The van der Waals surface area contributed by atoms with Crippen LogP contribution in [0.3, 0.4) is 0 Å². The summed E-state index contributed by atoms with van der Waals surface area (Å²) in [6.45, 7) is 0. The topological polar surface area (TPSA) is 46.5 Å². The standard InChI is InChI=1S/C9H7F3O3/c1-15-8(9(13)14)4-2-5(10)7(12)6(11)3-4/h2-3,8H,1H3,(H,13,14). The highest BCUT2D eigenvalue weighted by Gasteiger charge is 2.22. The molecule has 0 aliphatic rings. The van der Waals surface area contributed by atoms with Crippen LogP contribution in [-0.4, -0.2) is 18.2 Å². The molecule has 0 saturated heterocycles. The summed E-state index contributed by atoms with van der Waals surface area (Å²) in [6.07, 6.45) is -1.52. The van der Waals surface area contributed by atoms with Crippen LogP contribution in [0, 0.1) is 17.5 Å². The molecule has 15 heavy (non-hydrogen) atoms. The minimum Gasteiger partial charge on any atom is -0.479 e. The third kappa shape index (κ3) is 2.27. The van der Waals surface area contributed by atoms with E-state index in [1.165, 1.54) is 0 Å². The number of carbonyl (C=O) groups is 1. The Labute approximate surface area is 83.1 Å². The third-order valence-electron chi connectivity index (χ3n) is 1.77. The van der Waals surface area contributed by atoms with Gasteiger partial charge in [0.05, 0.1) is 0 Å². The van der Waals surface area contributed by atoms with Crippen LogP contribution in [-0.2, 0) is 9.53 Å². The van der Waals surface area contributed by atoms with E-state index < -0.39 is 29.5 Å². The lowest BCUT2D eigenvalue weighted by Gasteiger charge is -2.10. The van der Waals surface area contributed by atoms with Crippen LogP contribution in [0.25, 0.3) is 0 Å². The second-order valence-electron chi connectivity index (χ2n) is 2.75. The SMILES string of the molecule is COC(C(=O)O)c1cc(F)c(F)c(F)c1. The van der Waals surface area contributed by atoms with Gasteiger partial charge in [-0.2, -0.15) is 0 Å². The Hall–Kier alpha value is -1.56. The van der Waals surface area contributed by atoms with Crippen molar-refractivity contribution in [3.05, 3.63) is 35.1 Å². The molecule has 0 heterocycles. The largest absolute Gasteiger partial charge is 0.479 e. The van der Waals surface area contributed by atoms with Gasteiger partial charge in [-0.3, -0.25) is 0 Å². The van der Waals surface area contributed by atoms with E-state index in [1.54, 1.807) is 0 Å². The van der Waals surface area contributed by atoms with Crippen molar-refractivity contribution >= 4 is 5.97 Å². The highest BCUT2D eigenvalue weighted by molar-refractivity contribution is 5.74. The fraction of sp³-hybridized carbons (Fsp3) is 0.222. The normalized spacial score (nSPS) is 12.5. The summed E-state index contributed by atoms with van der Waals surface area (Å²) < 4.78 is 42.5. The van der Waals surface area contributed by atoms with Crippen LogP contribution in [0.15, 0.2) is 12.1 Å². The summed E-state index contributed by atoms with van der Waals surface area (Å²) >= 11 is 0. The monoisotopic (exact) mass is 220 g/mol. The average Bonchev–Trinajstić information content (AvgIpc) is 2.14. The minimum atomic E-state index is -1.64. The predicted molar refractivity (Wildman–Crippen MR) is 43.7 cm³/mol. The molecule has 1 rings (SSSR count). The van der Waals surface area contributed by atoms with Crippen molar-refractivity contribution in [2.45, 2.75) is 6.10 Å². The fourth-order valence-corrected chi connectivity index (χ4v) is 1.11. The molecule has 82 valence electrons. The van der Waals surface area contributed by atoms with Crippen molar-refractivity contribution in [1.29, 1.82) is 0 Å². The molecule has 6 heteroatoms. The van der Waals surface area contributed by atoms with Crippen molar-refractivity contribution in [2.24, 2.45) is 0 Å². The maximum atomic E-state index is 12.7. The Kier molecular flexibility index (Phi) is 3.31. The van der Waals surface area contributed by atoms with Gasteiger partial charge in [0.15, 0.2) is 23.6 Å². The van der Waals surface area contributed by atoms with Crippen LogP contribution >= 0.6 is 0 Å². The van der Waals surface area contributed by atoms with Gasteiger partial charge in [0, 0.05) is 7.11 Å². The van der Waals surface area contributed by atoms with Gasteiger partial charge < -0.3 is 9.84 Å². The summed E-state index contributed by atoms with van der Waals surface area (Å²) in [6, 6.07) is 1.17. The smallest absolute Gasteiger partial charge is 0.337 e. The maximum Gasteiger partial charge on any atom is 0.337 e. The van der Waals surface area contributed by atoms with Crippen molar-refractivity contribution in [2.75, 3.05) is 7.11 Å². The van der Waals surface area contributed by atoms with Crippen molar-refractivity contribution in [3.8, 4) is 0 Å². The Morgan fingerprint density at radius 3 is 2.13 bits per heavy atom. The summed E-state index contributed by atoms with van der Waals surface area (Å²) in [5.41, 5.74) is -0.290. The Morgan fingerprint density at radius 1 is 1.33 bits per heavy atom. The second-order valence-corrected chi connectivity index (χ2v) is 2.75. The number of methoxy groups -OCH3 is 1. The number of rotatable bonds is 3. The zero-order valence-electron chi connectivity index (χ0n) is 7.63. The van der Waals surface area contributed by atoms with Crippen molar-refractivity contribution in [3.63, 3.8) is 0 Å². The van der Waals surface area contributed by atoms with E-state index in [-0.39, 0.29) is 5.56 Å². The van der Waals surface area contributed by atoms with Gasteiger partial charge in [-0.15, -0.1) is 0 Å². The van der Waals surface area contributed by atoms with E-state index in [1.807, 2.05) is 0 Å². The molecule has 1 aromatic carbocycles. The highest BCUT2D eigenvalue weighted by atomic mass is 19.2. The lowest BCUT2D eigenvalue weighted by molar-refractivity contribution is -0.148. The second kappa shape index (κ2) is 4.31. The first-order valence-corrected chi connectivity index (χ1v) is 3.87. The zero-order chi connectivity index (χ0) is 11.6. The van der Waals surface area contributed by atoms with Crippen LogP contribution in [0.4, 0.5) is 13.2 Å². The number of carboxylic acids is 1. The molecule has 0 amide bonds. The van der Waals surface area contributed by atoms with Crippen LogP contribution in [0.5, 0.6) is 0 Å². The number of ether oxygens (including phenoxy) is 1. The molecule has 0 aliphatic carbocycles. The van der Waals surface area contributed by atoms with Gasteiger partial charge in [-0.1, -0.05) is 0 Å². The molecule has 3 nitrogen and oxygen atoms in total. The lowest BCUT2D eigenvalue weighted by atomic mass is 10.1. The first-order chi connectivity index (χ1) is 6.97. The molecule has 0 spiro atoms. The summed E-state index contributed by atoms with van der Waals surface area (Å²) in [4.78, 5) is 10.6. The van der Waals surface area contributed by atoms with E-state index in [9.17, 15) is 18.0 Å². The van der Waals surface area contributed by atoms with E-state index >= 15 is 0 Å². The average molecular weight is 220 g/mol. The maximum absolute atomic E-state index is 12.7. The number of hydrogen-bond donors (Lipinski definition) is 1. The molecule has 1 unspecified atom stereocenters. The fourth-order valence-electron chi connectivity index (χ4n) is 1.11. The summed E-state index contributed by atoms with van der Waals surface area (Å²) in [5.74, 6) is -5.96. The molecule has 0 bridgehead atoms. The van der Waals surface area contributed by atoms with Gasteiger partial charge in [0.1, 0.15) is 0 Å². The summed E-state index contributed by atoms with van der Waals surface area (Å²) in [5, 5.41) is 8.61. The van der Waals surface area contributed by atoms with Gasteiger partial charge in [0.25, 0.3) is 0 Å². The quantitative estimate of drug-likeness (QED) is 0.791. The van der Waals surface area contributed by atoms with Gasteiger partial charge in [-0.05, 0) is 17.7 Å². The zero-order valence-corrected chi connectivity index (χ0v) is 7.63. The number of aliphatic carboxylic acids is 1. The van der Waals surface area contributed by atoms with E-state index in [2.05, 4.69) is 4.74 Å². The number of carboxylic acid groups (broad SMARTS) is 1. The molecule has 0 saturated carbocycles. The molecule has 0 fully saturated rings. The van der Waals surface area contributed by atoms with Crippen LogP contribution < -0.4 is 0 Å². The first kappa shape index (κ1) is 11.5. The Morgan fingerprint density at radius 2 is 1.80 bits per heavy atom. The van der Waals surface area contributed by atoms with Crippen molar-refractivity contribution < 1.29 is 27.8 Å². The Balaban J connectivity index is 3.20. The first-order valence-electron chi connectivity index (χ1n) is 3.87. The molecule has 1 atom stereocenters. The number of benzene rings is 1. The molecule has 1 N–H and O–H groups in total. The van der Waals surface area contributed by atoms with Crippen LogP contribution in [0.1, 0.15) is 11.7 Å². The van der Waals surface area contributed by atoms with E-state index in [0.29, 0.717) is 12.1 Å². The molecule has 1 aromatic rings. The van der Waals surface area contributed by atoms with Gasteiger partial charge >= 0.3 is 5.97 Å². The molecule has 0 aromatic heterocycles. The minimum absolute atomic E-state index is 0.290. The third-order valence-corrected chi connectivity index (χ3v) is 1.77. The molecular weight excluding hydrogens is 213 g/mol. The van der Waals surface area contributed by atoms with Crippen molar-refractivity contribution in [1.82, 2.24) is 0 Å². The van der Waals surface area contributed by atoms with Gasteiger partial charge in [-0.25, -0.2) is 18.0 Å². The highest BCUT2D eigenvalue weighted by Crippen LogP contribution is 2.21. The van der Waals surface area contributed by atoms with Crippen LogP contribution in [0.2, 0.25) is 0 Å². The number of hydrogen-bond acceptors (Lipinski definition) is 2. The molecule has 0 aliphatic heterocycles. The molecular formula is C9H7F3O3. The van der Waals surface area contributed by atoms with E-state index in [4.69, 9.17) is 5.11 Å². The van der Waals surface area contributed by atoms with Gasteiger partial charge in [0.2, 0.25) is 0 Å². The Bertz CT molecular complexity index is 369. The van der Waals surface area contributed by atoms with E-state index in [0.717, 1.165) is 7.11 Å². The summed E-state index contributed by atoms with van der Waals surface area (Å²) in [7, 11) is 1.07.